The van der Waals surface area contributed by atoms with Crippen LogP contribution in [0.5, 0.6) is 0 Å². The number of amides is 2. The molecule has 2 N–H and O–H groups in total. The molecule has 0 radical (unpaired) electrons. The van der Waals surface area contributed by atoms with Gasteiger partial charge >= 0.3 is 0 Å². The molecule has 150 valence electrons. The number of fused-ring (bicyclic) bond motifs is 5. The normalized spacial score (nSPS) is 28.4. The summed E-state index contributed by atoms with van der Waals surface area (Å²) in [7, 11) is 1.72. The molecule has 2 bridgehead atoms. The highest BCUT2D eigenvalue weighted by Gasteiger charge is 2.58. The summed E-state index contributed by atoms with van der Waals surface area (Å²) in [4.78, 5) is 36.7. The van der Waals surface area contributed by atoms with Crippen molar-refractivity contribution in [3.63, 3.8) is 0 Å². The van der Waals surface area contributed by atoms with Gasteiger partial charge in [0.2, 0.25) is 11.8 Å². The molecule has 4 rings (SSSR count). The SMILES string of the molecule is CCc1cnc(CCNC(=NC)NCCN2C(=O)C3C4C=CC(C4)C3C2=O)s1. The highest BCUT2D eigenvalue weighted by atomic mass is 32.1. The van der Waals surface area contributed by atoms with Crippen LogP contribution in [0.4, 0.5) is 0 Å². The number of carbonyl (C=O) groups excluding carboxylic acids is 2. The number of hydrogen-bond acceptors (Lipinski definition) is 5. The number of thiazole rings is 1. The molecule has 2 amide bonds. The third kappa shape index (κ3) is 3.45. The number of guanidine groups is 1. The molecule has 0 aromatic carbocycles. The number of carbonyl (C=O) groups is 2. The maximum atomic E-state index is 12.7. The van der Waals surface area contributed by atoms with Crippen molar-refractivity contribution < 1.29 is 9.59 Å². The minimum absolute atomic E-state index is 0.00657. The van der Waals surface area contributed by atoms with E-state index in [1.807, 2.05) is 6.20 Å². The van der Waals surface area contributed by atoms with Crippen molar-refractivity contribution in [2.24, 2.45) is 28.7 Å². The number of nitrogens with zero attached hydrogens (tertiary/aromatic N) is 3. The first-order chi connectivity index (χ1) is 13.6. The topological polar surface area (TPSA) is 86.7 Å². The quantitative estimate of drug-likeness (QED) is 0.311. The first-order valence-electron chi connectivity index (χ1n) is 10.0. The molecule has 3 aliphatic rings. The van der Waals surface area contributed by atoms with E-state index in [-0.39, 0.29) is 35.5 Å². The summed E-state index contributed by atoms with van der Waals surface area (Å²) < 4.78 is 0. The number of rotatable bonds is 7. The number of aromatic nitrogens is 1. The van der Waals surface area contributed by atoms with E-state index in [1.165, 1.54) is 9.78 Å². The van der Waals surface area contributed by atoms with E-state index >= 15 is 0 Å². The zero-order chi connectivity index (χ0) is 19.7. The first-order valence-corrected chi connectivity index (χ1v) is 10.9. The lowest BCUT2D eigenvalue weighted by molar-refractivity contribution is -0.140. The zero-order valence-corrected chi connectivity index (χ0v) is 17.2. The molecule has 2 fully saturated rings. The Balaban J connectivity index is 1.22. The molecule has 1 aromatic rings. The van der Waals surface area contributed by atoms with Crippen LogP contribution < -0.4 is 10.6 Å². The van der Waals surface area contributed by atoms with E-state index in [4.69, 9.17) is 0 Å². The molecule has 2 heterocycles. The summed E-state index contributed by atoms with van der Waals surface area (Å²) in [5.41, 5.74) is 0. The van der Waals surface area contributed by atoms with Crippen LogP contribution in [0.2, 0.25) is 0 Å². The third-order valence-electron chi connectivity index (χ3n) is 5.99. The van der Waals surface area contributed by atoms with E-state index < -0.39 is 0 Å². The second-order valence-corrected chi connectivity index (χ2v) is 8.78. The molecule has 1 saturated carbocycles. The molecular weight excluding hydrogens is 374 g/mol. The van der Waals surface area contributed by atoms with Gasteiger partial charge in [-0.3, -0.25) is 19.5 Å². The Labute approximate surface area is 169 Å². The van der Waals surface area contributed by atoms with Crippen LogP contribution in [0.15, 0.2) is 23.3 Å². The van der Waals surface area contributed by atoms with Crippen molar-refractivity contribution in [3.05, 3.63) is 28.2 Å². The standard InChI is InChI=1S/C20H27N5O2S/c1-3-14-11-24-15(28-14)6-7-22-20(21-2)23-8-9-25-18(26)16-12-4-5-13(10-12)17(16)19(25)27/h4-5,11-13,16-17H,3,6-10H2,1-2H3,(H2,21,22,23). The Bertz CT molecular complexity index is 787. The number of allylic oxidation sites excluding steroid dienone is 2. The van der Waals surface area contributed by atoms with Crippen molar-refractivity contribution >= 4 is 29.1 Å². The highest BCUT2D eigenvalue weighted by Crippen LogP contribution is 2.52. The number of likely N-dealkylation sites (tertiary alicyclic amines) is 1. The molecule has 1 saturated heterocycles. The minimum Gasteiger partial charge on any atom is -0.356 e. The second kappa shape index (κ2) is 8.03. The first kappa shape index (κ1) is 19.1. The predicted octanol–water partition coefficient (Wildman–Crippen LogP) is 1.22. The Morgan fingerprint density at radius 2 is 1.89 bits per heavy atom. The molecule has 0 spiro atoms. The van der Waals surface area contributed by atoms with Gasteiger partial charge in [0.05, 0.1) is 16.8 Å². The average molecular weight is 402 g/mol. The van der Waals surface area contributed by atoms with Gasteiger partial charge in [-0.2, -0.15) is 0 Å². The molecule has 1 aromatic heterocycles. The lowest BCUT2D eigenvalue weighted by Crippen LogP contribution is -2.44. The number of aryl methyl sites for hydroxylation is 1. The number of aliphatic imine (C=N–C) groups is 1. The number of hydrogen-bond donors (Lipinski definition) is 2. The van der Waals surface area contributed by atoms with Crippen LogP contribution >= 0.6 is 11.3 Å². The predicted molar refractivity (Wildman–Crippen MR) is 109 cm³/mol. The summed E-state index contributed by atoms with van der Waals surface area (Å²) in [5.74, 6) is 0.973. The van der Waals surface area contributed by atoms with E-state index in [0.717, 1.165) is 30.8 Å². The van der Waals surface area contributed by atoms with Gasteiger partial charge in [0, 0.05) is 44.2 Å². The average Bonchev–Trinajstić information content (AvgIpc) is 3.47. The van der Waals surface area contributed by atoms with Crippen molar-refractivity contribution in [1.82, 2.24) is 20.5 Å². The largest absolute Gasteiger partial charge is 0.356 e. The van der Waals surface area contributed by atoms with Crippen LogP contribution in [0.3, 0.4) is 0 Å². The Kier molecular flexibility index (Phi) is 5.48. The Hall–Kier alpha value is -2.22. The van der Waals surface area contributed by atoms with Crippen LogP contribution in [0, 0.1) is 23.7 Å². The molecule has 8 heteroatoms. The van der Waals surface area contributed by atoms with Gasteiger partial charge in [-0.05, 0) is 24.7 Å². The van der Waals surface area contributed by atoms with Gasteiger partial charge in [-0.15, -0.1) is 11.3 Å². The molecule has 4 unspecified atom stereocenters. The minimum atomic E-state index is -0.119. The smallest absolute Gasteiger partial charge is 0.233 e. The van der Waals surface area contributed by atoms with E-state index in [9.17, 15) is 9.59 Å². The van der Waals surface area contributed by atoms with Crippen molar-refractivity contribution in [1.29, 1.82) is 0 Å². The molecule has 1 aliphatic heterocycles. The lowest BCUT2D eigenvalue weighted by atomic mass is 9.85. The summed E-state index contributed by atoms with van der Waals surface area (Å²) in [5, 5.41) is 7.58. The fraction of sp³-hybridized carbons (Fsp3) is 0.600. The zero-order valence-electron chi connectivity index (χ0n) is 16.4. The van der Waals surface area contributed by atoms with Gasteiger partial charge in [0.25, 0.3) is 0 Å². The monoisotopic (exact) mass is 401 g/mol. The van der Waals surface area contributed by atoms with E-state index in [2.05, 4.69) is 39.7 Å². The fourth-order valence-electron chi connectivity index (χ4n) is 4.61. The van der Waals surface area contributed by atoms with Crippen molar-refractivity contribution in [2.75, 3.05) is 26.7 Å². The molecule has 7 nitrogen and oxygen atoms in total. The van der Waals surface area contributed by atoms with Crippen molar-refractivity contribution in [2.45, 2.75) is 26.2 Å². The van der Waals surface area contributed by atoms with Gasteiger partial charge in [-0.1, -0.05) is 19.1 Å². The van der Waals surface area contributed by atoms with Gasteiger partial charge in [0.1, 0.15) is 0 Å². The van der Waals surface area contributed by atoms with Crippen LogP contribution in [-0.2, 0) is 22.4 Å². The Morgan fingerprint density at radius 1 is 1.21 bits per heavy atom. The fourth-order valence-corrected chi connectivity index (χ4v) is 5.47. The summed E-state index contributed by atoms with van der Waals surface area (Å²) >= 11 is 1.74. The van der Waals surface area contributed by atoms with Crippen molar-refractivity contribution in [3.8, 4) is 0 Å². The van der Waals surface area contributed by atoms with Crippen LogP contribution in [0.25, 0.3) is 0 Å². The maximum Gasteiger partial charge on any atom is 0.233 e. The third-order valence-corrected chi connectivity index (χ3v) is 7.20. The van der Waals surface area contributed by atoms with E-state index in [1.54, 1.807) is 18.4 Å². The lowest BCUT2D eigenvalue weighted by Gasteiger charge is -2.18. The van der Waals surface area contributed by atoms with Gasteiger partial charge in [0.15, 0.2) is 5.96 Å². The summed E-state index contributed by atoms with van der Waals surface area (Å²) in [6.07, 6.45) is 9.00. The second-order valence-electron chi connectivity index (χ2n) is 7.58. The van der Waals surface area contributed by atoms with Crippen LogP contribution in [0.1, 0.15) is 23.2 Å². The highest BCUT2D eigenvalue weighted by molar-refractivity contribution is 7.11. The Morgan fingerprint density at radius 3 is 2.50 bits per heavy atom. The summed E-state index contributed by atoms with van der Waals surface area (Å²) in [6.45, 7) is 3.75. The molecule has 4 atom stereocenters. The maximum absolute atomic E-state index is 12.7. The summed E-state index contributed by atoms with van der Waals surface area (Å²) in [6, 6.07) is 0. The number of nitrogens with one attached hydrogen (secondary N) is 2. The molecular formula is C20H27N5O2S. The number of imide groups is 1. The van der Waals surface area contributed by atoms with Gasteiger partial charge in [-0.25, -0.2) is 4.98 Å². The molecule has 28 heavy (non-hydrogen) atoms. The van der Waals surface area contributed by atoms with Gasteiger partial charge < -0.3 is 10.6 Å². The molecule has 2 aliphatic carbocycles. The van der Waals surface area contributed by atoms with E-state index in [0.29, 0.717) is 19.0 Å². The van der Waals surface area contributed by atoms with Crippen LogP contribution in [-0.4, -0.2) is 54.3 Å².